The Balaban J connectivity index is 2.58. The van der Waals surface area contributed by atoms with Crippen LogP contribution in [0.1, 0.15) is 12.5 Å². The largest absolute Gasteiger partial charge is 0.252 e. The lowest BCUT2D eigenvalue weighted by Gasteiger charge is -2.06. The van der Waals surface area contributed by atoms with Gasteiger partial charge in [-0.05, 0) is 18.9 Å². The fraction of sp³-hybridized carbons (Fsp3) is 0.333. The molecule has 2 N–H and O–H groups in total. The standard InChI is InChI=1S/C9H13NOS/c1-8(12(10)11)7-9-5-3-2-4-6-9/h2-6,8H,7,10H2,1H3. The van der Waals surface area contributed by atoms with Crippen LogP contribution in [0.3, 0.4) is 0 Å². The molecule has 0 aliphatic heterocycles. The van der Waals surface area contributed by atoms with Crippen molar-refractivity contribution in [2.24, 2.45) is 5.14 Å². The molecule has 0 radical (unpaired) electrons. The van der Waals surface area contributed by atoms with Gasteiger partial charge in [0.25, 0.3) is 0 Å². The first kappa shape index (κ1) is 9.42. The second-order valence-electron chi connectivity index (χ2n) is 2.83. The van der Waals surface area contributed by atoms with Gasteiger partial charge in [-0.2, -0.15) is 0 Å². The molecule has 0 heterocycles. The van der Waals surface area contributed by atoms with Crippen LogP contribution >= 0.6 is 0 Å². The molecule has 1 aromatic rings. The summed E-state index contributed by atoms with van der Waals surface area (Å²) < 4.78 is 10.8. The summed E-state index contributed by atoms with van der Waals surface area (Å²) in [6.45, 7) is 1.89. The third-order valence-electron chi connectivity index (χ3n) is 1.76. The second kappa shape index (κ2) is 4.38. The summed E-state index contributed by atoms with van der Waals surface area (Å²) in [7, 11) is -1.21. The Hall–Kier alpha value is -0.670. The molecular weight excluding hydrogens is 170 g/mol. The van der Waals surface area contributed by atoms with Crippen LogP contribution in [-0.2, 0) is 17.4 Å². The average molecular weight is 183 g/mol. The second-order valence-corrected chi connectivity index (χ2v) is 4.29. The summed E-state index contributed by atoms with van der Waals surface area (Å²) >= 11 is 0. The van der Waals surface area contributed by atoms with Gasteiger partial charge in [-0.1, -0.05) is 30.3 Å². The van der Waals surface area contributed by atoms with Crippen LogP contribution in [0.25, 0.3) is 0 Å². The lowest BCUT2D eigenvalue weighted by molar-refractivity contribution is 0.673. The maximum atomic E-state index is 10.8. The molecule has 0 saturated carbocycles. The Labute approximate surface area is 75.4 Å². The number of hydrogen-bond acceptors (Lipinski definition) is 1. The predicted molar refractivity (Wildman–Crippen MR) is 51.9 cm³/mol. The van der Waals surface area contributed by atoms with E-state index >= 15 is 0 Å². The fourth-order valence-electron chi connectivity index (χ4n) is 1.03. The molecule has 0 spiro atoms. The molecule has 2 unspecified atom stereocenters. The van der Waals surface area contributed by atoms with Crippen molar-refractivity contribution >= 4 is 11.0 Å². The van der Waals surface area contributed by atoms with E-state index in [2.05, 4.69) is 0 Å². The van der Waals surface area contributed by atoms with Crippen LogP contribution in [-0.4, -0.2) is 9.46 Å². The molecule has 0 saturated heterocycles. The first-order valence-corrected chi connectivity index (χ1v) is 5.16. The van der Waals surface area contributed by atoms with Crippen molar-refractivity contribution in [3.05, 3.63) is 35.9 Å². The maximum Gasteiger partial charge on any atom is 0.0920 e. The average Bonchev–Trinajstić information content (AvgIpc) is 2.06. The van der Waals surface area contributed by atoms with Crippen LogP contribution in [0, 0.1) is 0 Å². The molecule has 0 bridgehead atoms. The predicted octanol–water partition coefficient (Wildman–Crippen LogP) is 1.24. The number of hydrogen-bond donors (Lipinski definition) is 1. The lowest BCUT2D eigenvalue weighted by atomic mass is 10.1. The van der Waals surface area contributed by atoms with E-state index in [-0.39, 0.29) is 5.25 Å². The Morgan fingerprint density at radius 2 is 2.00 bits per heavy atom. The highest BCUT2D eigenvalue weighted by Crippen LogP contribution is 2.04. The van der Waals surface area contributed by atoms with E-state index in [0.717, 1.165) is 6.42 Å². The van der Waals surface area contributed by atoms with E-state index in [1.807, 2.05) is 37.3 Å². The van der Waals surface area contributed by atoms with Gasteiger partial charge in [0.15, 0.2) is 0 Å². The number of nitrogens with two attached hydrogens (primary N) is 1. The minimum Gasteiger partial charge on any atom is -0.252 e. The van der Waals surface area contributed by atoms with Gasteiger partial charge in [-0.3, -0.25) is 5.14 Å². The molecule has 12 heavy (non-hydrogen) atoms. The maximum absolute atomic E-state index is 10.8. The van der Waals surface area contributed by atoms with Crippen LogP contribution in [0.2, 0.25) is 0 Å². The highest BCUT2D eigenvalue weighted by molar-refractivity contribution is 7.83. The van der Waals surface area contributed by atoms with Gasteiger partial charge >= 0.3 is 0 Å². The van der Waals surface area contributed by atoms with E-state index in [4.69, 9.17) is 5.14 Å². The van der Waals surface area contributed by atoms with E-state index in [0.29, 0.717) is 0 Å². The highest BCUT2D eigenvalue weighted by atomic mass is 32.2. The normalized spacial score (nSPS) is 15.5. The summed E-state index contributed by atoms with van der Waals surface area (Å²) in [4.78, 5) is 0. The molecule has 0 aliphatic carbocycles. The van der Waals surface area contributed by atoms with Gasteiger partial charge < -0.3 is 0 Å². The van der Waals surface area contributed by atoms with Crippen molar-refractivity contribution in [2.45, 2.75) is 18.6 Å². The molecule has 66 valence electrons. The van der Waals surface area contributed by atoms with Crippen molar-refractivity contribution < 1.29 is 4.21 Å². The van der Waals surface area contributed by atoms with Gasteiger partial charge in [0.1, 0.15) is 0 Å². The van der Waals surface area contributed by atoms with Crippen LogP contribution in [0.15, 0.2) is 30.3 Å². The van der Waals surface area contributed by atoms with Gasteiger partial charge in [-0.25, -0.2) is 4.21 Å². The lowest BCUT2D eigenvalue weighted by Crippen LogP contribution is -2.20. The number of rotatable bonds is 3. The fourth-order valence-corrected chi connectivity index (χ4v) is 1.38. The highest BCUT2D eigenvalue weighted by Gasteiger charge is 2.06. The van der Waals surface area contributed by atoms with Gasteiger partial charge in [-0.15, -0.1) is 0 Å². The van der Waals surface area contributed by atoms with Gasteiger partial charge in [0.05, 0.1) is 16.2 Å². The molecule has 1 rings (SSSR count). The minimum atomic E-state index is -1.21. The summed E-state index contributed by atoms with van der Waals surface area (Å²) in [6.07, 6.45) is 0.782. The summed E-state index contributed by atoms with van der Waals surface area (Å²) in [6, 6.07) is 9.95. The summed E-state index contributed by atoms with van der Waals surface area (Å²) in [5.41, 5.74) is 1.18. The van der Waals surface area contributed by atoms with E-state index in [9.17, 15) is 4.21 Å². The van der Waals surface area contributed by atoms with Gasteiger partial charge in [0, 0.05) is 0 Å². The Bertz CT molecular complexity index is 260. The molecular formula is C9H13NOS. The zero-order valence-corrected chi connectivity index (χ0v) is 7.88. The minimum absolute atomic E-state index is 0.0346. The third kappa shape index (κ3) is 2.75. The third-order valence-corrected chi connectivity index (χ3v) is 2.72. The molecule has 3 heteroatoms. The van der Waals surface area contributed by atoms with Crippen LogP contribution < -0.4 is 5.14 Å². The zero-order valence-electron chi connectivity index (χ0n) is 7.07. The molecule has 0 aliphatic rings. The van der Waals surface area contributed by atoms with Crippen molar-refractivity contribution in [1.82, 2.24) is 0 Å². The zero-order chi connectivity index (χ0) is 8.97. The Kier molecular flexibility index (Phi) is 3.44. The molecule has 0 amide bonds. The van der Waals surface area contributed by atoms with Gasteiger partial charge in [0.2, 0.25) is 0 Å². The Morgan fingerprint density at radius 3 is 2.50 bits per heavy atom. The SMILES string of the molecule is CC(Cc1ccccc1)S(N)=O. The smallest absolute Gasteiger partial charge is 0.0920 e. The van der Waals surface area contributed by atoms with E-state index in [1.54, 1.807) is 0 Å². The number of benzene rings is 1. The topological polar surface area (TPSA) is 43.1 Å². The summed E-state index contributed by atoms with van der Waals surface area (Å²) in [5.74, 6) is 0. The first-order valence-electron chi connectivity index (χ1n) is 3.89. The van der Waals surface area contributed by atoms with E-state index in [1.165, 1.54) is 5.56 Å². The van der Waals surface area contributed by atoms with Crippen molar-refractivity contribution in [3.8, 4) is 0 Å². The van der Waals surface area contributed by atoms with E-state index < -0.39 is 11.0 Å². The molecule has 1 aromatic carbocycles. The van der Waals surface area contributed by atoms with Crippen LogP contribution in [0.5, 0.6) is 0 Å². The Morgan fingerprint density at radius 1 is 1.42 bits per heavy atom. The van der Waals surface area contributed by atoms with Crippen molar-refractivity contribution in [2.75, 3.05) is 0 Å². The molecule has 0 fully saturated rings. The quantitative estimate of drug-likeness (QED) is 0.752. The molecule has 0 aromatic heterocycles. The van der Waals surface area contributed by atoms with Crippen molar-refractivity contribution in [1.29, 1.82) is 0 Å². The monoisotopic (exact) mass is 183 g/mol. The first-order chi connectivity index (χ1) is 5.70. The molecule has 2 atom stereocenters. The van der Waals surface area contributed by atoms with Crippen LogP contribution in [0.4, 0.5) is 0 Å². The van der Waals surface area contributed by atoms with Crippen molar-refractivity contribution in [3.63, 3.8) is 0 Å². The molecule has 2 nitrogen and oxygen atoms in total. The summed E-state index contributed by atoms with van der Waals surface area (Å²) in [5, 5.41) is 5.29.